The molecular weight excluding hydrogens is 442 g/mol. The molecule has 0 spiro atoms. The van der Waals surface area contributed by atoms with E-state index in [1.54, 1.807) is 12.1 Å². The van der Waals surface area contributed by atoms with Gasteiger partial charge >= 0.3 is 0 Å². The van der Waals surface area contributed by atoms with Gasteiger partial charge in [-0.1, -0.05) is 23.7 Å². The van der Waals surface area contributed by atoms with Crippen LogP contribution in [0.3, 0.4) is 0 Å². The Morgan fingerprint density at radius 2 is 1.72 bits per heavy atom. The predicted molar refractivity (Wildman–Crippen MR) is 131 cm³/mol. The highest BCUT2D eigenvalue weighted by Crippen LogP contribution is 2.37. The zero-order valence-corrected chi connectivity index (χ0v) is 19.2. The first kappa shape index (κ1) is 20.8. The number of carbonyl (C=O) groups is 2. The normalized spacial score (nSPS) is 16.4. The van der Waals surface area contributed by atoms with Crippen molar-refractivity contribution in [2.45, 2.75) is 19.8 Å². The Morgan fingerprint density at radius 3 is 2.41 bits per heavy atom. The Morgan fingerprint density at radius 1 is 0.969 bits per heavy atom. The smallest absolute Gasteiger partial charge is 0.282 e. The van der Waals surface area contributed by atoms with Crippen LogP contribution in [0.15, 0.2) is 65.7 Å². The second kappa shape index (κ2) is 8.45. The van der Waals surface area contributed by atoms with Gasteiger partial charge in [-0.15, -0.1) is 11.3 Å². The predicted octanol–water partition coefficient (Wildman–Crippen LogP) is 5.71. The molecule has 1 aromatic heterocycles. The third-order valence-electron chi connectivity index (χ3n) is 5.87. The summed E-state index contributed by atoms with van der Waals surface area (Å²) >= 11 is 7.61. The SMILES string of the molecule is Cc1ccc(Cl)cc1N1C(=O)C(Nc2ccc(N3CCCC3)cc2)=C(c2cccs2)C1=O. The number of nitrogens with one attached hydrogen (secondary N) is 1. The van der Waals surface area contributed by atoms with Crippen LogP contribution >= 0.6 is 22.9 Å². The van der Waals surface area contributed by atoms with Gasteiger partial charge < -0.3 is 10.2 Å². The van der Waals surface area contributed by atoms with E-state index in [2.05, 4.69) is 22.3 Å². The number of nitrogens with zero attached hydrogens (tertiary/aromatic N) is 2. The van der Waals surface area contributed by atoms with Crippen molar-refractivity contribution in [1.82, 2.24) is 0 Å². The minimum atomic E-state index is -0.382. The quantitative estimate of drug-likeness (QED) is 0.492. The van der Waals surface area contributed by atoms with Crippen molar-refractivity contribution in [2.75, 3.05) is 28.2 Å². The Labute approximate surface area is 195 Å². The van der Waals surface area contributed by atoms with Crippen LogP contribution in [0.5, 0.6) is 0 Å². The molecule has 1 N–H and O–H groups in total. The number of aryl methyl sites for hydroxylation is 1. The first-order valence-electron chi connectivity index (χ1n) is 10.6. The van der Waals surface area contributed by atoms with E-state index in [1.165, 1.54) is 34.8 Å². The molecule has 3 heterocycles. The highest BCUT2D eigenvalue weighted by Gasteiger charge is 2.41. The standard InChI is InChI=1S/C25H22ClN3O2S/c1-16-6-7-17(26)15-20(16)29-24(30)22(21-5-4-14-32-21)23(25(29)31)27-18-8-10-19(11-9-18)28-12-2-3-13-28/h4-11,14-15,27H,2-3,12-13H2,1H3. The molecule has 2 aromatic carbocycles. The van der Waals surface area contributed by atoms with Gasteiger partial charge in [0.2, 0.25) is 0 Å². The van der Waals surface area contributed by atoms with Crippen LogP contribution < -0.4 is 15.1 Å². The van der Waals surface area contributed by atoms with Crippen molar-refractivity contribution in [3.63, 3.8) is 0 Å². The monoisotopic (exact) mass is 463 g/mol. The molecule has 0 bridgehead atoms. The van der Waals surface area contributed by atoms with E-state index in [0.717, 1.165) is 29.2 Å². The van der Waals surface area contributed by atoms with Gasteiger partial charge in [-0.2, -0.15) is 0 Å². The maximum absolute atomic E-state index is 13.5. The van der Waals surface area contributed by atoms with Crippen LogP contribution in [0.25, 0.3) is 5.57 Å². The summed E-state index contributed by atoms with van der Waals surface area (Å²) in [6.07, 6.45) is 2.43. The molecule has 0 unspecified atom stereocenters. The Balaban J connectivity index is 1.51. The van der Waals surface area contributed by atoms with Crippen molar-refractivity contribution in [3.05, 3.63) is 81.1 Å². The van der Waals surface area contributed by atoms with E-state index in [9.17, 15) is 9.59 Å². The van der Waals surface area contributed by atoms with Gasteiger partial charge in [0, 0.05) is 34.4 Å². The highest BCUT2D eigenvalue weighted by molar-refractivity contribution is 7.11. The molecule has 1 fully saturated rings. The average molecular weight is 464 g/mol. The number of halogens is 1. The molecule has 162 valence electrons. The topological polar surface area (TPSA) is 52.7 Å². The van der Waals surface area contributed by atoms with E-state index in [0.29, 0.717) is 16.3 Å². The summed E-state index contributed by atoms with van der Waals surface area (Å²) in [6.45, 7) is 4.00. The van der Waals surface area contributed by atoms with Crippen molar-refractivity contribution < 1.29 is 9.59 Å². The molecular formula is C25H22ClN3O2S. The molecule has 32 heavy (non-hydrogen) atoms. The fraction of sp³-hybridized carbons (Fsp3) is 0.200. The van der Waals surface area contributed by atoms with Crippen LogP contribution in [0.4, 0.5) is 17.1 Å². The zero-order valence-electron chi connectivity index (χ0n) is 17.6. The van der Waals surface area contributed by atoms with E-state index < -0.39 is 0 Å². The van der Waals surface area contributed by atoms with Crippen molar-refractivity contribution in [2.24, 2.45) is 0 Å². The molecule has 5 nitrogen and oxygen atoms in total. The lowest BCUT2D eigenvalue weighted by Crippen LogP contribution is -2.33. The van der Waals surface area contributed by atoms with Gasteiger partial charge in [0.15, 0.2) is 0 Å². The molecule has 0 aliphatic carbocycles. The summed E-state index contributed by atoms with van der Waals surface area (Å²) in [5, 5.41) is 5.61. The lowest BCUT2D eigenvalue weighted by Gasteiger charge is -2.19. The van der Waals surface area contributed by atoms with Gasteiger partial charge in [-0.05, 0) is 73.2 Å². The van der Waals surface area contributed by atoms with E-state index in [4.69, 9.17) is 11.6 Å². The van der Waals surface area contributed by atoms with Crippen LogP contribution in [-0.4, -0.2) is 24.9 Å². The number of amides is 2. The number of carbonyl (C=O) groups excluding carboxylic acids is 2. The van der Waals surface area contributed by atoms with Gasteiger partial charge in [0.05, 0.1) is 11.3 Å². The summed E-state index contributed by atoms with van der Waals surface area (Å²) in [6, 6.07) is 17.0. The first-order chi connectivity index (χ1) is 15.5. The summed E-state index contributed by atoms with van der Waals surface area (Å²) in [4.78, 5) is 31.3. The van der Waals surface area contributed by atoms with E-state index in [1.807, 2.05) is 42.6 Å². The highest BCUT2D eigenvalue weighted by atomic mass is 35.5. The minimum Gasteiger partial charge on any atom is -0.372 e. The maximum atomic E-state index is 13.5. The third kappa shape index (κ3) is 3.70. The number of anilines is 3. The molecule has 0 radical (unpaired) electrons. The summed E-state index contributed by atoms with van der Waals surface area (Å²) in [5.41, 5.74) is 3.91. The molecule has 2 amide bonds. The second-order valence-corrected chi connectivity index (χ2v) is 9.35. The number of hydrogen-bond acceptors (Lipinski definition) is 5. The summed E-state index contributed by atoms with van der Waals surface area (Å²) in [5.74, 6) is -0.730. The first-order valence-corrected chi connectivity index (χ1v) is 11.8. The van der Waals surface area contributed by atoms with E-state index in [-0.39, 0.29) is 17.5 Å². The number of benzene rings is 2. The summed E-state index contributed by atoms with van der Waals surface area (Å²) in [7, 11) is 0. The molecule has 3 aromatic rings. The Bertz CT molecular complexity index is 1210. The number of hydrogen-bond donors (Lipinski definition) is 1. The van der Waals surface area contributed by atoms with Crippen LogP contribution in [0, 0.1) is 6.92 Å². The number of imide groups is 1. The van der Waals surface area contributed by atoms with Crippen LogP contribution in [-0.2, 0) is 9.59 Å². The van der Waals surface area contributed by atoms with Gasteiger partial charge in [0.1, 0.15) is 5.70 Å². The van der Waals surface area contributed by atoms with Crippen LogP contribution in [0.1, 0.15) is 23.3 Å². The number of rotatable bonds is 5. The molecule has 0 saturated carbocycles. The lowest BCUT2D eigenvalue weighted by molar-refractivity contribution is -0.120. The lowest BCUT2D eigenvalue weighted by atomic mass is 10.1. The molecule has 0 atom stereocenters. The Hall–Kier alpha value is -3.09. The van der Waals surface area contributed by atoms with Gasteiger partial charge in [-0.25, -0.2) is 4.90 Å². The molecule has 7 heteroatoms. The average Bonchev–Trinajstić information content (AvgIpc) is 3.54. The second-order valence-electron chi connectivity index (χ2n) is 7.97. The fourth-order valence-electron chi connectivity index (χ4n) is 4.21. The molecule has 2 aliphatic rings. The maximum Gasteiger partial charge on any atom is 0.282 e. The summed E-state index contributed by atoms with van der Waals surface area (Å²) < 4.78 is 0. The largest absolute Gasteiger partial charge is 0.372 e. The van der Waals surface area contributed by atoms with Crippen molar-refractivity contribution in [1.29, 1.82) is 0 Å². The third-order valence-corrected chi connectivity index (χ3v) is 6.99. The molecule has 1 saturated heterocycles. The Kier molecular flexibility index (Phi) is 5.49. The zero-order chi connectivity index (χ0) is 22.2. The minimum absolute atomic E-state index is 0.283. The van der Waals surface area contributed by atoms with Crippen molar-refractivity contribution >= 4 is 57.4 Å². The van der Waals surface area contributed by atoms with Crippen molar-refractivity contribution in [3.8, 4) is 0 Å². The molecule has 5 rings (SSSR count). The number of thiophene rings is 1. The van der Waals surface area contributed by atoms with E-state index >= 15 is 0 Å². The van der Waals surface area contributed by atoms with Gasteiger partial charge in [-0.3, -0.25) is 9.59 Å². The fourth-order valence-corrected chi connectivity index (χ4v) is 5.15. The van der Waals surface area contributed by atoms with Crippen LogP contribution in [0.2, 0.25) is 5.02 Å². The van der Waals surface area contributed by atoms with Gasteiger partial charge in [0.25, 0.3) is 11.8 Å². The molecule has 2 aliphatic heterocycles.